The molecule has 1 rings (SSSR count). The first-order valence-electron chi connectivity index (χ1n) is 4.63. The predicted molar refractivity (Wildman–Crippen MR) is 50.5 cm³/mol. The molecule has 0 aromatic carbocycles. The second-order valence-electron chi connectivity index (χ2n) is 3.28. The quantitative estimate of drug-likeness (QED) is 0.376. The van der Waals surface area contributed by atoms with Gasteiger partial charge in [0, 0.05) is 37.3 Å². The molecule has 0 aromatic rings. The van der Waals surface area contributed by atoms with Gasteiger partial charge in [-0.25, -0.2) is 0 Å². The Morgan fingerprint density at radius 3 is 2.85 bits per heavy atom. The molecule has 0 N–H and O–H groups in total. The minimum absolute atomic E-state index is 0.560. The fraction of sp³-hybridized carbons (Fsp3) is 1.00. The van der Waals surface area contributed by atoms with Crippen LogP contribution in [0.1, 0.15) is 12.8 Å². The fourth-order valence-corrected chi connectivity index (χ4v) is 1.56. The maximum Gasteiger partial charge on any atom is 0.0480 e. The highest BCUT2D eigenvalue weighted by Crippen LogP contribution is 2.11. The lowest BCUT2D eigenvalue weighted by Crippen LogP contribution is -2.37. The number of hydrogen-bond donors (Lipinski definition) is 0. The highest BCUT2D eigenvalue weighted by molar-refractivity contribution is 4.72. The Morgan fingerprint density at radius 2 is 2.23 bits per heavy atom. The van der Waals surface area contributed by atoms with Crippen molar-refractivity contribution >= 4 is 0 Å². The van der Waals surface area contributed by atoms with Crippen molar-refractivity contribution in [2.24, 2.45) is 5.11 Å². The number of hydrogen-bond acceptors (Lipinski definition) is 3. The highest BCUT2D eigenvalue weighted by Gasteiger charge is 2.17. The van der Waals surface area contributed by atoms with Gasteiger partial charge in [-0.05, 0) is 25.4 Å². The van der Waals surface area contributed by atoms with Crippen LogP contribution >= 0.6 is 0 Å². The fourth-order valence-electron chi connectivity index (χ4n) is 1.56. The van der Waals surface area contributed by atoms with E-state index in [0.717, 1.165) is 32.6 Å². The van der Waals surface area contributed by atoms with E-state index in [4.69, 9.17) is 10.3 Å². The van der Waals surface area contributed by atoms with Gasteiger partial charge in [0.1, 0.15) is 0 Å². The summed E-state index contributed by atoms with van der Waals surface area (Å²) in [6.45, 7) is 3.12. The van der Waals surface area contributed by atoms with Crippen molar-refractivity contribution in [1.29, 1.82) is 0 Å². The minimum Gasteiger partial charge on any atom is -0.381 e. The van der Waals surface area contributed by atoms with Gasteiger partial charge in [-0.2, -0.15) is 0 Å². The number of ether oxygens (including phenoxy) is 1. The van der Waals surface area contributed by atoms with Crippen LogP contribution in [0.2, 0.25) is 0 Å². The van der Waals surface area contributed by atoms with Crippen molar-refractivity contribution < 1.29 is 4.74 Å². The number of likely N-dealkylation sites (N-methyl/N-ethyl adjacent to an activating group) is 1. The lowest BCUT2D eigenvalue weighted by atomic mass is 10.1. The van der Waals surface area contributed by atoms with Crippen LogP contribution in [0.4, 0.5) is 0 Å². The second kappa shape index (κ2) is 5.80. The summed E-state index contributed by atoms with van der Waals surface area (Å²) in [4.78, 5) is 4.97. The first-order valence-corrected chi connectivity index (χ1v) is 4.63. The van der Waals surface area contributed by atoms with Crippen LogP contribution in [0.3, 0.4) is 0 Å². The number of rotatable bonds is 4. The zero-order valence-corrected chi connectivity index (χ0v) is 8.02. The Bertz CT molecular complexity index is 185. The van der Waals surface area contributed by atoms with Crippen LogP contribution in [0.5, 0.6) is 0 Å². The summed E-state index contributed by atoms with van der Waals surface area (Å²) in [7, 11) is 2.07. The average molecular weight is 184 g/mol. The van der Waals surface area contributed by atoms with Crippen LogP contribution in [0.25, 0.3) is 10.4 Å². The molecule has 0 aromatic heterocycles. The molecule has 0 amide bonds. The summed E-state index contributed by atoms with van der Waals surface area (Å²) < 4.78 is 5.27. The van der Waals surface area contributed by atoms with E-state index in [1.54, 1.807) is 0 Å². The highest BCUT2D eigenvalue weighted by atomic mass is 16.5. The molecule has 0 atom stereocenters. The van der Waals surface area contributed by atoms with Crippen molar-refractivity contribution in [3.63, 3.8) is 0 Å². The summed E-state index contributed by atoms with van der Waals surface area (Å²) in [5.41, 5.74) is 8.11. The molecular formula is C8H16N4O. The van der Waals surface area contributed by atoms with Gasteiger partial charge in [0.25, 0.3) is 0 Å². The van der Waals surface area contributed by atoms with Gasteiger partial charge >= 0.3 is 0 Å². The predicted octanol–water partition coefficient (Wildman–Crippen LogP) is 1.41. The van der Waals surface area contributed by atoms with Gasteiger partial charge in [0.05, 0.1) is 0 Å². The molecule has 0 bridgehead atoms. The summed E-state index contributed by atoms with van der Waals surface area (Å²) >= 11 is 0. The molecule has 1 aliphatic heterocycles. The molecule has 1 heterocycles. The maximum atomic E-state index is 8.11. The number of azide groups is 1. The van der Waals surface area contributed by atoms with E-state index in [0.29, 0.717) is 12.6 Å². The number of nitrogens with zero attached hydrogens (tertiary/aromatic N) is 4. The third kappa shape index (κ3) is 3.63. The zero-order chi connectivity index (χ0) is 9.52. The standard InChI is InChI=1S/C8H16N4O/c1-12(5-4-10-11-9)8-2-6-13-7-3-8/h8H,2-7H2,1H3. The van der Waals surface area contributed by atoms with Crippen molar-refractivity contribution in [3.8, 4) is 0 Å². The lowest BCUT2D eigenvalue weighted by Gasteiger charge is -2.30. The monoisotopic (exact) mass is 184 g/mol. The summed E-state index contributed by atoms with van der Waals surface area (Å²) in [6.07, 6.45) is 2.18. The molecule has 0 unspecified atom stereocenters. The molecule has 5 nitrogen and oxygen atoms in total. The Kier molecular flexibility index (Phi) is 4.60. The minimum atomic E-state index is 0.560. The van der Waals surface area contributed by atoms with Crippen molar-refractivity contribution in [1.82, 2.24) is 4.90 Å². The topological polar surface area (TPSA) is 61.2 Å². The summed E-state index contributed by atoms with van der Waals surface area (Å²) in [5, 5.41) is 3.51. The van der Waals surface area contributed by atoms with E-state index in [1.807, 2.05) is 0 Å². The molecule has 0 saturated carbocycles. The van der Waals surface area contributed by atoms with Crippen molar-refractivity contribution in [2.75, 3.05) is 33.4 Å². The van der Waals surface area contributed by atoms with Crippen LogP contribution in [-0.2, 0) is 4.74 Å². The normalized spacial score (nSPS) is 18.6. The van der Waals surface area contributed by atoms with Crippen molar-refractivity contribution in [3.05, 3.63) is 10.4 Å². The molecule has 0 radical (unpaired) electrons. The molecular weight excluding hydrogens is 168 g/mol. The van der Waals surface area contributed by atoms with Gasteiger partial charge in [0.2, 0.25) is 0 Å². The second-order valence-corrected chi connectivity index (χ2v) is 3.28. The van der Waals surface area contributed by atoms with E-state index >= 15 is 0 Å². The third-order valence-corrected chi connectivity index (χ3v) is 2.43. The molecule has 0 spiro atoms. The van der Waals surface area contributed by atoms with Crippen LogP contribution < -0.4 is 0 Å². The largest absolute Gasteiger partial charge is 0.381 e. The maximum absolute atomic E-state index is 8.11. The van der Waals surface area contributed by atoms with Crippen molar-refractivity contribution in [2.45, 2.75) is 18.9 Å². The average Bonchev–Trinajstić information content (AvgIpc) is 2.19. The first-order chi connectivity index (χ1) is 6.34. The summed E-state index contributed by atoms with van der Waals surface area (Å²) in [5.74, 6) is 0. The third-order valence-electron chi connectivity index (χ3n) is 2.43. The van der Waals surface area contributed by atoms with E-state index in [1.165, 1.54) is 0 Å². The lowest BCUT2D eigenvalue weighted by molar-refractivity contribution is 0.0440. The molecule has 5 heteroatoms. The van der Waals surface area contributed by atoms with Crippen LogP contribution in [0.15, 0.2) is 5.11 Å². The van der Waals surface area contributed by atoms with Gasteiger partial charge in [-0.15, -0.1) is 0 Å². The Morgan fingerprint density at radius 1 is 1.54 bits per heavy atom. The Hall–Kier alpha value is -0.770. The summed E-state index contributed by atoms with van der Waals surface area (Å²) in [6, 6.07) is 0.600. The van der Waals surface area contributed by atoms with Crippen LogP contribution in [-0.4, -0.2) is 44.3 Å². The Labute approximate surface area is 78.3 Å². The molecule has 0 aliphatic carbocycles. The first kappa shape index (κ1) is 10.3. The van der Waals surface area contributed by atoms with Gasteiger partial charge in [-0.3, -0.25) is 0 Å². The van der Waals surface area contributed by atoms with E-state index in [9.17, 15) is 0 Å². The van der Waals surface area contributed by atoms with Gasteiger partial charge in [0.15, 0.2) is 0 Å². The SMILES string of the molecule is CN(CCN=[N+]=[N-])C1CCOCC1. The van der Waals surface area contributed by atoms with E-state index < -0.39 is 0 Å². The molecule has 74 valence electrons. The van der Waals surface area contributed by atoms with Gasteiger partial charge in [-0.1, -0.05) is 5.11 Å². The molecule has 1 fully saturated rings. The molecule has 13 heavy (non-hydrogen) atoms. The van der Waals surface area contributed by atoms with Gasteiger partial charge < -0.3 is 9.64 Å². The van der Waals surface area contributed by atoms with E-state index in [2.05, 4.69) is 22.0 Å². The van der Waals surface area contributed by atoms with E-state index in [-0.39, 0.29) is 0 Å². The Balaban J connectivity index is 2.20. The zero-order valence-electron chi connectivity index (χ0n) is 8.02. The molecule has 1 aliphatic rings. The smallest absolute Gasteiger partial charge is 0.0480 e. The van der Waals surface area contributed by atoms with Crippen LogP contribution in [0, 0.1) is 0 Å². The molecule has 1 saturated heterocycles.